The van der Waals surface area contributed by atoms with Crippen LogP contribution >= 0.6 is 11.6 Å². The van der Waals surface area contributed by atoms with Crippen LogP contribution in [0, 0.1) is 11.3 Å². The molecule has 3 N–H and O–H groups in total. The van der Waals surface area contributed by atoms with Gasteiger partial charge in [0.2, 0.25) is 0 Å². The van der Waals surface area contributed by atoms with Crippen LogP contribution in [0.25, 0.3) is 5.82 Å². The molecule has 0 aliphatic carbocycles. The van der Waals surface area contributed by atoms with Crippen LogP contribution in [0.5, 0.6) is 0 Å². The number of halogens is 1. The Morgan fingerprint density at radius 2 is 2.24 bits per heavy atom. The van der Waals surface area contributed by atoms with E-state index in [0.717, 1.165) is 0 Å². The van der Waals surface area contributed by atoms with E-state index in [9.17, 15) is 0 Å². The number of nitriles is 1. The smallest absolute Gasteiger partial charge is 0.178 e. The van der Waals surface area contributed by atoms with Gasteiger partial charge in [-0.1, -0.05) is 11.6 Å². The van der Waals surface area contributed by atoms with Crippen molar-refractivity contribution in [2.24, 2.45) is 0 Å². The summed E-state index contributed by atoms with van der Waals surface area (Å²) in [7, 11) is 1.65. The molecule has 0 aromatic carbocycles. The van der Waals surface area contributed by atoms with Crippen molar-refractivity contribution in [2.75, 3.05) is 18.1 Å². The van der Waals surface area contributed by atoms with Crippen LogP contribution in [0.1, 0.15) is 5.56 Å². The molecule has 8 heteroatoms. The summed E-state index contributed by atoms with van der Waals surface area (Å²) in [6.07, 6.45) is 0. The molecular formula is C9H8ClN7. The van der Waals surface area contributed by atoms with Crippen LogP contribution < -0.4 is 11.1 Å². The van der Waals surface area contributed by atoms with Crippen molar-refractivity contribution in [3.8, 4) is 11.9 Å². The van der Waals surface area contributed by atoms with Crippen LogP contribution in [0.15, 0.2) is 12.1 Å². The third-order valence-electron chi connectivity index (χ3n) is 2.10. The molecule has 0 atom stereocenters. The molecule has 2 aromatic heterocycles. The lowest BCUT2D eigenvalue weighted by molar-refractivity contribution is 0.825. The Bertz CT molecular complexity index is 581. The number of nitrogens with zero attached hydrogens (tertiary/aromatic N) is 5. The molecule has 2 aromatic rings. The average Bonchev–Trinajstić information content (AvgIpc) is 2.66. The average molecular weight is 250 g/mol. The highest BCUT2D eigenvalue weighted by atomic mass is 35.5. The van der Waals surface area contributed by atoms with E-state index >= 15 is 0 Å². The standard InChI is InChI=1S/C9H8ClN7/c1-13-9-5(4-11)8(12)17(16-9)7-3-2-6(10)14-15-7/h2-3H,12H2,1H3,(H,13,16). The molecule has 0 bridgehead atoms. The third kappa shape index (κ3) is 1.86. The molecule has 0 radical (unpaired) electrons. The van der Waals surface area contributed by atoms with Gasteiger partial charge in [-0.15, -0.1) is 15.3 Å². The molecule has 2 heterocycles. The van der Waals surface area contributed by atoms with Crippen LogP contribution in [0.3, 0.4) is 0 Å². The topological polar surface area (TPSA) is 105 Å². The number of aromatic nitrogens is 4. The van der Waals surface area contributed by atoms with Crippen LogP contribution in [0.4, 0.5) is 11.6 Å². The molecule has 0 saturated heterocycles. The van der Waals surface area contributed by atoms with Gasteiger partial charge in [0.05, 0.1) is 0 Å². The Balaban J connectivity index is 2.57. The zero-order chi connectivity index (χ0) is 12.4. The van der Waals surface area contributed by atoms with Crippen molar-refractivity contribution < 1.29 is 0 Å². The van der Waals surface area contributed by atoms with Crippen molar-refractivity contribution in [3.05, 3.63) is 22.8 Å². The van der Waals surface area contributed by atoms with Gasteiger partial charge in [0.1, 0.15) is 17.5 Å². The molecule has 2 rings (SSSR count). The third-order valence-corrected chi connectivity index (χ3v) is 2.31. The quantitative estimate of drug-likeness (QED) is 0.816. The van der Waals surface area contributed by atoms with Gasteiger partial charge in [-0.3, -0.25) is 0 Å². The van der Waals surface area contributed by atoms with Crippen LogP contribution in [0.2, 0.25) is 5.15 Å². The molecule has 0 aliphatic heterocycles. The number of nitrogens with two attached hydrogens (primary N) is 1. The lowest BCUT2D eigenvalue weighted by Gasteiger charge is -2.00. The summed E-state index contributed by atoms with van der Waals surface area (Å²) in [6.45, 7) is 0. The van der Waals surface area contributed by atoms with Crippen molar-refractivity contribution in [2.45, 2.75) is 0 Å². The van der Waals surface area contributed by atoms with E-state index in [2.05, 4.69) is 20.6 Å². The number of anilines is 2. The van der Waals surface area contributed by atoms with Gasteiger partial charge >= 0.3 is 0 Å². The van der Waals surface area contributed by atoms with Gasteiger partial charge in [0, 0.05) is 7.05 Å². The highest BCUT2D eigenvalue weighted by Crippen LogP contribution is 2.22. The van der Waals surface area contributed by atoms with E-state index in [1.54, 1.807) is 19.2 Å². The second-order valence-electron chi connectivity index (χ2n) is 3.10. The maximum Gasteiger partial charge on any atom is 0.178 e. The minimum atomic E-state index is 0.202. The van der Waals surface area contributed by atoms with Crippen LogP contribution in [-0.4, -0.2) is 27.0 Å². The molecule has 86 valence electrons. The number of nitrogen functional groups attached to an aromatic ring is 1. The second kappa shape index (κ2) is 4.27. The zero-order valence-electron chi connectivity index (χ0n) is 8.85. The summed E-state index contributed by atoms with van der Waals surface area (Å²) < 4.78 is 1.33. The number of hydrogen-bond acceptors (Lipinski definition) is 6. The van der Waals surface area contributed by atoms with E-state index in [4.69, 9.17) is 22.6 Å². The first-order chi connectivity index (χ1) is 8.17. The molecule has 0 amide bonds. The lowest BCUT2D eigenvalue weighted by atomic mass is 10.3. The number of nitrogens with one attached hydrogen (secondary N) is 1. The summed E-state index contributed by atoms with van der Waals surface area (Å²) in [4.78, 5) is 0. The predicted molar refractivity (Wildman–Crippen MR) is 62.8 cm³/mol. The van der Waals surface area contributed by atoms with E-state index in [-0.39, 0.29) is 16.5 Å². The van der Waals surface area contributed by atoms with Gasteiger partial charge in [-0.05, 0) is 12.1 Å². The fraction of sp³-hybridized carbons (Fsp3) is 0.111. The minimum Gasteiger partial charge on any atom is -0.382 e. The van der Waals surface area contributed by atoms with Crippen LogP contribution in [-0.2, 0) is 0 Å². The fourth-order valence-corrected chi connectivity index (χ4v) is 1.41. The second-order valence-corrected chi connectivity index (χ2v) is 3.48. The van der Waals surface area contributed by atoms with Crippen molar-refractivity contribution >= 4 is 23.2 Å². The first-order valence-electron chi connectivity index (χ1n) is 4.63. The Morgan fingerprint density at radius 3 is 2.71 bits per heavy atom. The Labute approximate surface area is 102 Å². The summed E-state index contributed by atoms with van der Waals surface area (Å²) in [5.74, 6) is 0.986. The van der Waals surface area contributed by atoms with E-state index in [1.807, 2.05) is 6.07 Å². The SMILES string of the molecule is CNc1nn(-c2ccc(Cl)nn2)c(N)c1C#N. The fourth-order valence-electron chi connectivity index (χ4n) is 1.31. The maximum atomic E-state index is 8.95. The largest absolute Gasteiger partial charge is 0.382 e. The molecule has 0 spiro atoms. The molecule has 17 heavy (non-hydrogen) atoms. The minimum absolute atomic E-state index is 0.202. The van der Waals surface area contributed by atoms with Gasteiger partial charge in [-0.2, -0.15) is 9.94 Å². The molecule has 7 nitrogen and oxygen atoms in total. The highest BCUT2D eigenvalue weighted by molar-refractivity contribution is 6.29. The monoisotopic (exact) mass is 249 g/mol. The van der Waals surface area contributed by atoms with E-state index in [0.29, 0.717) is 11.6 Å². The normalized spacial score (nSPS) is 9.94. The zero-order valence-corrected chi connectivity index (χ0v) is 9.60. The first kappa shape index (κ1) is 11.2. The highest BCUT2D eigenvalue weighted by Gasteiger charge is 2.16. The van der Waals surface area contributed by atoms with Gasteiger partial charge in [0.25, 0.3) is 0 Å². The summed E-state index contributed by atoms with van der Waals surface area (Å²) >= 11 is 5.63. The maximum absolute atomic E-state index is 8.95. The van der Waals surface area contributed by atoms with Crippen molar-refractivity contribution in [3.63, 3.8) is 0 Å². The Morgan fingerprint density at radius 1 is 1.47 bits per heavy atom. The Kier molecular flexibility index (Phi) is 2.80. The summed E-state index contributed by atoms with van der Waals surface area (Å²) in [5, 5.41) is 23.6. The first-order valence-corrected chi connectivity index (χ1v) is 5.01. The summed E-state index contributed by atoms with van der Waals surface area (Å²) in [6, 6.07) is 5.15. The van der Waals surface area contributed by atoms with Crippen molar-refractivity contribution in [1.29, 1.82) is 5.26 Å². The van der Waals surface area contributed by atoms with Crippen molar-refractivity contribution in [1.82, 2.24) is 20.0 Å². The number of hydrogen-bond donors (Lipinski definition) is 2. The van der Waals surface area contributed by atoms with Gasteiger partial charge in [0.15, 0.2) is 16.8 Å². The number of rotatable bonds is 2. The Hall–Kier alpha value is -2.33. The molecule has 0 aliphatic rings. The van der Waals surface area contributed by atoms with E-state index < -0.39 is 0 Å². The molecule has 0 fully saturated rings. The van der Waals surface area contributed by atoms with E-state index in [1.165, 1.54) is 4.68 Å². The molecule has 0 unspecified atom stereocenters. The lowest BCUT2D eigenvalue weighted by Crippen LogP contribution is -2.05. The van der Waals surface area contributed by atoms with Gasteiger partial charge in [-0.25, -0.2) is 0 Å². The molecular weight excluding hydrogens is 242 g/mol. The predicted octanol–water partition coefficient (Wildman–Crippen LogP) is 0.811. The molecule has 0 saturated carbocycles. The summed E-state index contributed by atoms with van der Waals surface area (Å²) in [5.41, 5.74) is 6.07. The van der Waals surface area contributed by atoms with Gasteiger partial charge < -0.3 is 11.1 Å².